The van der Waals surface area contributed by atoms with Gasteiger partial charge in [-0.1, -0.05) is 18.9 Å². The van der Waals surface area contributed by atoms with E-state index in [0.29, 0.717) is 11.4 Å². The number of hydrogen-bond donors (Lipinski definition) is 2. The van der Waals surface area contributed by atoms with Crippen LogP contribution in [0.25, 0.3) is 0 Å². The van der Waals surface area contributed by atoms with Crippen LogP contribution in [0.3, 0.4) is 0 Å². The van der Waals surface area contributed by atoms with Gasteiger partial charge in [0, 0.05) is 17.8 Å². The Hall–Kier alpha value is -1.59. The van der Waals surface area contributed by atoms with Crippen molar-refractivity contribution in [3.63, 3.8) is 0 Å². The fraction of sp³-hybridized carbons (Fsp3) is 0.533. The highest BCUT2D eigenvalue weighted by molar-refractivity contribution is 5.91. The van der Waals surface area contributed by atoms with Gasteiger partial charge in [0.05, 0.1) is 13.2 Å². The Kier molecular flexibility index (Phi) is 5.38. The van der Waals surface area contributed by atoms with E-state index in [2.05, 4.69) is 5.32 Å². The van der Waals surface area contributed by atoms with Crippen LogP contribution in [0, 0.1) is 0 Å². The lowest BCUT2D eigenvalue weighted by Gasteiger charge is -2.28. The quantitative estimate of drug-likeness (QED) is 0.863. The third-order valence-corrected chi connectivity index (χ3v) is 3.54. The third-order valence-electron chi connectivity index (χ3n) is 3.54. The first-order valence-corrected chi connectivity index (χ1v) is 7.00. The molecule has 0 spiro atoms. The molecule has 5 heteroatoms. The second-order valence-electron chi connectivity index (χ2n) is 5.08. The Morgan fingerprint density at radius 2 is 2.20 bits per heavy atom. The zero-order chi connectivity index (χ0) is 14.4. The fourth-order valence-electron chi connectivity index (χ4n) is 2.41. The number of amides is 1. The van der Waals surface area contributed by atoms with Crippen molar-refractivity contribution in [2.75, 3.05) is 19.0 Å². The Morgan fingerprint density at radius 1 is 1.40 bits per heavy atom. The molecular weight excluding hydrogens is 256 g/mol. The fourth-order valence-corrected chi connectivity index (χ4v) is 2.41. The van der Waals surface area contributed by atoms with E-state index in [1.54, 1.807) is 13.2 Å². The monoisotopic (exact) mass is 278 g/mol. The Balaban J connectivity index is 1.79. The summed E-state index contributed by atoms with van der Waals surface area (Å²) in [6, 6.07) is 7.28. The minimum atomic E-state index is -0.170. The molecule has 110 valence electrons. The van der Waals surface area contributed by atoms with Crippen LogP contribution in [0.2, 0.25) is 0 Å². The molecule has 1 fully saturated rings. The van der Waals surface area contributed by atoms with Crippen LogP contribution in [0.5, 0.6) is 5.75 Å². The molecule has 0 bridgehead atoms. The summed E-state index contributed by atoms with van der Waals surface area (Å²) in [5, 5.41) is 2.79. The van der Waals surface area contributed by atoms with Gasteiger partial charge in [0.15, 0.2) is 0 Å². The maximum atomic E-state index is 11.8. The van der Waals surface area contributed by atoms with Crippen LogP contribution in [0.1, 0.15) is 25.7 Å². The molecule has 1 amide bonds. The SMILES string of the molecule is COc1cccc(NC(=O)COC2CCCCC2N)c1. The highest BCUT2D eigenvalue weighted by Gasteiger charge is 2.23. The average molecular weight is 278 g/mol. The van der Waals surface area contributed by atoms with Crippen LogP contribution in [-0.4, -0.2) is 31.8 Å². The van der Waals surface area contributed by atoms with Gasteiger partial charge in [-0.05, 0) is 25.0 Å². The number of carbonyl (C=O) groups is 1. The van der Waals surface area contributed by atoms with Crippen molar-refractivity contribution in [3.05, 3.63) is 24.3 Å². The highest BCUT2D eigenvalue weighted by Crippen LogP contribution is 2.20. The molecule has 2 atom stereocenters. The van der Waals surface area contributed by atoms with Crippen molar-refractivity contribution in [2.24, 2.45) is 5.73 Å². The van der Waals surface area contributed by atoms with Gasteiger partial charge in [-0.2, -0.15) is 0 Å². The topological polar surface area (TPSA) is 73.6 Å². The molecule has 1 aromatic rings. The van der Waals surface area contributed by atoms with Crippen molar-refractivity contribution in [3.8, 4) is 5.75 Å². The molecule has 0 aromatic heterocycles. The zero-order valence-electron chi connectivity index (χ0n) is 11.8. The first-order chi connectivity index (χ1) is 9.69. The summed E-state index contributed by atoms with van der Waals surface area (Å²) in [5.41, 5.74) is 6.68. The molecule has 1 aliphatic rings. The lowest BCUT2D eigenvalue weighted by molar-refractivity contribution is -0.123. The van der Waals surface area contributed by atoms with E-state index >= 15 is 0 Å². The molecule has 2 unspecified atom stereocenters. The first kappa shape index (κ1) is 14.8. The molecule has 0 heterocycles. The third kappa shape index (κ3) is 4.21. The molecule has 5 nitrogen and oxygen atoms in total. The predicted molar refractivity (Wildman–Crippen MR) is 77.8 cm³/mol. The number of nitrogens with one attached hydrogen (secondary N) is 1. The molecule has 1 saturated carbocycles. The lowest BCUT2D eigenvalue weighted by atomic mass is 9.93. The normalized spacial score (nSPS) is 22.3. The zero-order valence-corrected chi connectivity index (χ0v) is 11.8. The predicted octanol–water partition coefficient (Wildman–Crippen LogP) is 1.92. The summed E-state index contributed by atoms with van der Waals surface area (Å²) in [6.07, 6.45) is 4.18. The molecule has 0 saturated heterocycles. The minimum absolute atomic E-state index is 0.000176. The van der Waals surface area contributed by atoms with Gasteiger partial charge < -0.3 is 20.5 Å². The minimum Gasteiger partial charge on any atom is -0.497 e. The number of anilines is 1. The molecule has 0 aliphatic heterocycles. The molecule has 0 radical (unpaired) electrons. The number of carbonyl (C=O) groups excluding carboxylic acids is 1. The number of methoxy groups -OCH3 is 1. The molecule has 1 aromatic carbocycles. The Morgan fingerprint density at radius 3 is 2.95 bits per heavy atom. The summed E-state index contributed by atoms with van der Waals surface area (Å²) in [6.45, 7) is 0.0373. The van der Waals surface area contributed by atoms with Crippen molar-refractivity contribution >= 4 is 11.6 Å². The number of benzene rings is 1. The van der Waals surface area contributed by atoms with Crippen LogP contribution >= 0.6 is 0 Å². The van der Waals surface area contributed by atoms with Crippen molar-refractivity contribution in [1.82, 2.24) is 0 Å². The van der Waals surface area contributed by atoms with Gasteiger partial charge in [-0.3, -0.25) is 4.79 Å². The largest absolute Gasteiger partial charge is 0.497 e. The summed E-state index contributed by atoms with van der Waals surface area (Å²) in [4.78, 5) is 11.8. The van der Waals surface area contributed by atoms with Crippen molar-refractivity contribution < 1.29 is 14.3 Å². The highest BCUT2D eigenvalue weighted by atomic mass is 16.5. The van der Waals surface area contributed by atoms with E-state index in [-0.39, 0.29) is 24.7 Å². The summed E-state index contributed by atoms with van der Waals surface area (Å²) in [7, 11) is 1.59. The lowest BCUT2D eigenvalue weighted by Crippen LogP contribution is -2.40. The first-order valence-electron chi connectivity index (χ1n) is 7.00. The summed E-state index contributed by atoms with van der Waals surface area (Å²) >= 11 is 0. The Bertz CT molecular complexity index is 450. The van der Waals surface area contributed by atoms with Crippen molar-refractivity contribution in [2.45, 2.75) is 37.8 Å². The van der Waals surface area contributed by atoms with E-state index in [1.807, 2.05) is 18.2 Å². The smallest absolute Gasteiger partial charge is 0.250 e. The van der Waals surface area contributed by atoms with Gasteiger partial charge in [-0.25, -0.2) is 0 Å². The number of hydrogen-bond acceptors (Lipinski definition) is 4. The molecule has 1 aliphatic carbocycles. The number of ether oxygens (including phenoxy) is 2. The van der Waals surface area contributed by atoms with Gasteiger partial charge in [0.25, 0.3) is 0 Å². The van der Waals surface area contributed by atoms with E-state index in [9.17, 15) is 4.79 Å². The van der Waals surface area contributed by atoms with Gasteiger partial charge in [0.1, 0.15) is 12.4 Å². The number of rotatable bonds is 5. The maximum Gasteiger partial charge on any atom is 0.250 e. The second-order valence-corrected chi connectivity index (χ2v) is 5.08. The molecule has 3 N–H and O–H groups in total. The van der Waals surface area contributed by atoms with Crippen LogP contribution < -0.4 is 15.8 Å². The summed E-state index contributed by atoms with van der Waals surface area (Å²) in [5.74, 6) is 0.536. The standard InChI is InChI=1S/C15H22N2O3/c1-19-12-6-4-5-11(9-12)17-15(18)10-20-14-8-3-2-7-13(14)16/h4-6,9,13-14H,2-3,7-8,10,16H2,1H3,(H,17,18). The average Bonchev–Trinajstić information content (AvgIpc) is 2.46. The van der Waals surface area contributed by atoms with Gasteiger partial charge >= 0.3 is 0 Å². The maximum absolute atomic E-state index is 11.8. The van der Waals surface area contributed by atoms with Crippen LogP contribution in [0.15, 0.2) is 24.3 Å². The molecule has 20 heavy (non-hydrogen) atoms. The van der Waals surface area contributed by atoms with Gasteiger partial charge in [0.2, 0.25) is 5.91 Å². The molecule has 2 rings (SSSR count). The Labute approximate surface area is 119 Å². The molecular formula is C15H22N2O3. The van der Waals surface area contributed by atoms with E-state index < -0.39 is 0 Å². The van der Waals surface area contributed by atoms with Crippen LogP contribution in [-0.2, 0) is 9.53 Å². The second kappa shape index (κ2) is 7.26. The van der Waals surface area contributed by atoms with E-state index in [4.69, 9.17) is 15.2 Å². The van der Waals surface area contributed by atoms with E-state index in [0.717, 1.165) is 25.7 Å². The van der Waals surface area contributed by atoms with Gasteiger partial charge in [-0.15, -0.1) is 0 Å². The van der Waals surface area contributed by atoms with Crippen molar-refractivity contribution in [1.29, 1.82) is 0 Å². The number of nitrogens with two attached hydrogens (primary N) is 1. The summed E-state index contributed by atoms with van der Waals surface area (Å²) < 4.78 is 10.7. The van der Waals surface area contributed by atoms with Crippen LogP contribution in [0.4, 0.5) is 5.69 Å². The van der Waals surface area contributed by atoms with E-state index in [1.165, 1.54) is 0 Å².